The van der Waals surface area contributed by atoms with Gasteiger partial charge in [-0.2, -0.15) is 0 Å². The van der Waals surface area contributed by atoms with Crippen LogP contribution in [0.25, 0.3) is 0 Å². The highest BCUT2D eigenvalue weighted by Gasteiger charge is 1.86. The Labute approximate surface area is 60.1 Å². The second kappa shape index (κ2) is 2.64. The minimum Gasteiger partial charge on any atom is -0.321 e. The summed E-state index contributed by atoms with van der Waals surface area (Å²) in [7, 11) is 3.70. The van der Waals surface area contributed by atoms with Gasteiger partial charge in [0.15, 0.2) is 0 Å². The van der Waals surface area contributed by atoms with Crippen LogP contribution in [0.1, 0.15) is 5.69 Å². The Hall–Kier alpha value is -1.12. The summed E-state index contributed by atoms with van der Waals surface area (Å²) in [4.78, 5) is 8.14. The molecule has 0 saturated carbocycles. The zero-order chi connectivity index (χ0) is 7.56. The van der Waals surface area contributed by atoms with E-state index in [1.165, 1.54) is 0 Å². The molecule has 0 aliphatic carbocycles. The smallest absolute Gasteiger partial charge is 0.129 e. The average molecular weight is 137 g/mol. The SMILES string of the molecule is CN=c1cc(C)ncn1C. The van der Waals surface area contributed by atoms with Crippen LogP contribution in [0.3, 0.4) is 0 Å². The lowest BCUT2D eigenvalue weighted by molar-refractivity contribution is 0.787. The van der Waals surface area contributed by atoms with E-state index in [1.807, 2.05) is 24.6 Å². The first-order valence-corrected chi connectivity index (χ1v) is 3.16. The molecule has 0 spiro atoms. The topological polar surface area (TPSA) is 30.2 Å². The Morgan fingerprint density at radius 1 is 1.60 bits per heavy atom. The highest BCUT2D eigenvalue weighted by atomic mass is 15.0. The number of hydrogen-bond donors (Lipinski definition) is 0. The van der Waals surface area contributed by atoms with Crippen molar-refractivity contribution < 1.29 is 0 Å². The molecule has 3 nitrogen and oxygen atoms in total. The lowest BCUT2D eigenvalue weighted by Gasteiger charge is -1.97. The standard InChI is InChI=1S/C7H11N3/c1-6-4-7(8-2)10(3)5-9-6/h4-5H,1-3H3. The molecule has 0 aliphatic rings. The number of aromatic nitrogens is 2. The van der Waals surface area contributed by atoms with Crippen molar-refractivity contribution in [3.05, 3.63) is 23.6 Å². The quantitative estimate of drug-likeness (QED) is 0.504. The maximum absolute atomic E-state index is 4.09. The Balaban J connectivity index is 3.37. The summed E-state index contributed by atoms with van der Waals surface area (Å²) < 4.78 is 1.88. The highest BCUT2D eigenvalue weighted by Crippen LogP contribution is 1.81. The molecule has 0 atom stereocenters. The molecule has 0 N–H and O–H groups in total. The lowest BCUT2D eigenvalue weighted by atomic mass is 10.4. The van der Waals surface area contributed by atoms with Gasteiger partial charge in [0, 0.05) is 25.9 Å². The molecule has 0 bridgehead atoms. The van der Waals surface area contributed by atoms with Crippen LogP contribution in [0, 0.1) is 6.92 Å². The second-order valence-electron chi connectivity index (χ2n) is 2.22. The summed E-state index contributed by atoms with van der Waals surface area (Å²) in [5, 5.41) is 0. The zero-order valence-corrected chi connectivity index (χ0v) is 6.50. The Morgan fingerprint density at radius 3 is 2.80 bits per heavy atom. The molecular formula is C7H11N3. The van der Waals surface area contributed by atoms with Crippen molar-refractivity contribution in [2.45, 2.75) is 6.92 Å². The third kappa shape index (κ3) is 1.23. The minimum absolute atomic E-state index is 0.951. The van der Waals surface area contributed by atoms with Crippen LogP contribution in [0.4, 0.5) is 0 Å². The molecule has 0 fully saturated rings. The predicted molar refractivity (Wildman–Crippen MR) is 39.4 cm³/mol. The van der Waals surface area contributed by atoms with Gasteiger partial charge in [-0.3, -0.25) is 4.99 Å². The number of aryl methyl sites for hydroxylation is 2. The van der Waals surface area contributed by atoms with Crippen molar-refractivity contribution in [2.75, 3.05) is 7.05 Å². The maximum Gasteiger partial charge on any atom is 0.129 e. The van der Waals surface area contributed by atoms with Crippen molar-refractivity contribution in [2.24, 2.45) is 12.0 Å². The van der Waals surface area contributed by atoms with Gasteiger partial charge in [0.2, 0.25) is 0 Å². The summed E-state index contributed by atoms with van der Waals surface area (Å²) in [5.74, 6) is 0. The van der Waals surface area contributed by atoms with Crippen LogP contribution in [-0.4, -0.2) is 16.6 Å². The van der Waals surface area contributed by atoms with Crippen LogP contribution in [0.2, 0.25) is 0 Å². The minimum atomic E-state index is 0.951. The van der Waals surface area contributed by atoms with Crippen LogP contribution in [0.5, 0.6) is 0 Å². The third-order valence-electron chi connectivity index (χ3n) is 1.36. The average Bonchev–Trinajstić information content (AvgIpc) is 1.94. The summed E-state index contributed by atoms with van der Waals surface area (Å²) >= 11 is 0. The normalized spacial score (nSPS) is 12.1. The first kappa shape index (κ1) is 6.99. The van der Waals surface area contributed by atoms with Crippen molar-refractivity contribution in [3.63, 3.8) is 0 Å². The second-order valence-corrected chi connectivity index (χ2v) is 2.22. The van der Waals surface area contributed by atoms with E-state index in [0.29, 0.717) is 0 Å². The van der Waals surface area contributed by atoms with Gasteiger partial charge in [-0.1, -0.05) is 0 Å². The molecule has 1 aromatic heterocycles. The van der Waals surface area contributed by atoms with Gasteiger partial charge < -0.3 is 4.57 Å². The predicted octanol–water partition coefficient (Wildman–Crippen LogP) is 0.259. The fourth-order valence-corrected chi connectivity index (χ4v) is 0.785. The summed E-state index contributed by atoms with van der Waals surface area (Å²) in [5.41, 5.74) is 1.95. The zero-order valence-electron chi connectivity index (χ0n) is 6.50. The van der Waals surface area contributed by atoms with E-state index < -0.39 is 0 Å². The summed E-state index contributed by atoms with van der Waals surface area (Å²) in [6.45, 7) is 1.95. The molecule has 54 valence electrons. The first-order chi connectivity index (χ1) is 4.74. The first-order valence-electron chi connectivity index (χ1n) is 3.16. The maximum atomic E-state index is 4.09. The van der Waals surface area contributed by atoms with Crippen LogP contribution in [-0.2, 0) is 7.05 Å². The van der Waals surface area contributed by atoms with E-state index >= 15 is 0 Å². The van der Waals surface area contributed by atoms with Gasteiger partial charge >= 0.3 is 0 Å². The highest BCUT2D eigenvalue weighted by molar-refractivity contribution is 4.94. The largest absolute Gasteiger partial charge is 0.321 e. The molecule has 0 amide bonds. The van der Waals surface area contributed by atoms with Gasteiger partial charge in [-0.05, 0) is 6.92 Å². The summed E-state index contributed by atoms with van der Waals surface area (Å²) in [6.07, 6.45) is 1.76. The van der Waals surface area contributed by atoms with Gasteiger partial charge in [0.05, 0.1) is 6.33 Å². The van der Waals surface area contributed by atoms with Crippen molar-refractivity contribution >= 4 is 0 Å². The van der Waals surface area contributed by atoms with Crippen molar-refractivity contribution in [1.29, 1.82) is 0 Å². The van der Waals surface area contributed by atoms with Gasteiger partial charge in [0.25, 0.3) is 0 Å². The van der Waals surface area contributed by atoms with Crippen LogP contribution in [0.15, 0.2) is 17.4 Å². The molecule has 0 aliphatic heterocycles. The molecule has 0 unspecified atom stereocenters. The number of nitrogens with zero attached hydrogens (tertiary/aromatic N) is 3. The van der Waals surface area contributed by atoms with Crippen LogP contribution >= 0.6 is 0 Å². The van der Waals surface area contributed by atoms with Gasteiger partial charge in [0.1, 0.15) is 5.49 Å². The number of rotatable bonds is 0. The Bertz CT molecular complexity index is 285. The van der Waals surface area contributed by atoms with E-state index in [1.54, 1.807) is 13.4 Å². The van der Waals surface area contributed by atoms with E-state index in [-0.39, 0.29) is 0 Å². The molecule has 1 rings (SSSR count). The fourth-order valence-electron chi connectivity index (χ4n) is 0.785. The molecule has 1 aromatic rings. The van der Waals surface area contributed by atoms with Crippen molar-refractivity contribution in [1.82, 2.24) is 9.55 Å². The molecule has 1 heterocycles. The van der Waals surface area contributed by atoms with Gasteiger partial charge in [-0.15, -0.1) is 0 Å². The molecule has 0 radical (unpaired) electrons. The molecule has 0 saturated heterocycles. The molecule has 10 heavy (non-hydrogen) atoms. The van der Waals surface area contributed by atoms with Gasteiger partial charge in [-0.25, -0.2) is 4.98 Å². The van der Waals surface area contributed by atoms with Crippen LogP contribution < -0.4 is 5.49 Å². The third-order valence-corrected chi connectivity index (χ3v) is 1.36. The fraction of sp³-hybridized carbons (Fsp3) is 0.429. The summed E-state index contributed by atoms with van der Waals surface area (Å²) in [6, 6.07) is 1.94. The molecule has 3 heteroatoms. The molecule has 0 aromatic carbocycles. The molecular weight excluding hydrogens is 126 g/mol. The lowest BCUT2D eigenvalue weighted by Crippen LogP contribution is -2.17. The van der Waals surface area contributed by atoms with Crippen molar-refractivity contribution in [3.8, 4) is 0 Å². The van der Waals surface area contributed by atoms with E-state index in [4.69, 9.17) is 0 Å². The van der Waals surface area contributed by atoms with E-state index in [0.717, 1.165) is 11.2 Å². The monoisotopic (exact) mass is 137 g/mol. The van der Waals surface area contributed by atoms with E-state index in [9.17, 15) is 0 Å². The Kier molecular flexibility index (Phi) is 1.85. The number of hydrogen-bond acceptors (Lipinski definition) is 2. The Morgan fingerprint density at radius 2 is 2.30 bits per heavy atom. The van der Waals surface area contributed by atoms with E-state index in [2.05, 4.69) is 9.98 Å².